The van der Waals surface area contributed by atoms with Gasteiger partial charge in [-0.25, -0.2) is 4.99 Å². The van der Waals surface area contributed by atoms with Gasteiger partial charge in [0, 0.05) is 24.0 Å². The van der Waals surface area contributed by atoms with E-state index in [-0.39, 0.29) is 0 Å². The summed E-state index contributed by atoms with van der Waals surface area (Å²) in [5.74, 6) is 1.60. The van der Waals surface area contributed by atoms with Crippen molar-refractivity contribution < 1.29 is 12.6 Å². The maximum Gasteiger partial charge on any atom is 0.305 e. The fraction of sp³-hybridized carbons (Fsp3) is 0.368. The van der Waals surface area contributed by atoms with Crippen molar-refractivity contribution >= 4 is 37.8 Å². The molecule has 28 heavy (non-hydrogen) atoms. The average Bonchev–Trinajstić information content (AvgIpc) is 2.95. The van der Waals surface area contributed by atoms with Gasteiger partial charge in [-0.2, -0.15) is 8.42 Å². The number of fused-ring (bicyclic) bond motifs is 1. The number of hydrogen-bond donors (Lipinski definition) is 1. The fourth-order valence-electron chi connectivity index (χ4n) is 3.87. The molecule has 4 rings (SSSR count). The third-order valence-corrected chi connectivity index (χ3v) is 5.94. The number of aliphatic imine (C=N–C) groups is 2. The second kappa shape index (κ2) is 7.04. The van der Waals surface area contributed by atoms with E-state index in [1.165, 1.54) is 0 Å². The second-order valence-electron chi connectivity index (χ2n) is 7.00. The van der Waals surface area contributed by atoms with E-state index in [0.717, 1.165) is 40.7 Å². The van der Waals surface area contributed by atoms with Gasteiger partial charge in [-0.1, -0.05) is 34.1 Å². The predicted molar refractivity (Wildman–Crippen MR) is 112 cm³/mol. The molecule has 9 heteroatoms. The molecule has 7 nitrogen and oxygen atoms in total. The highest BCUT2D eigenvalue weighted by Gasteiger charge is 2.50. The van der Waals surface area contributed by atoms with Gasteiger partial charge < -0.3 is 9.92 Å². The van der Waals surface area contributed by atoms with E-state index in [4.69, 9.17) is 19.9 Å². The minimum Gasteiger partial charge on any atom is -0.387 e. The van der Waals surface area contributed by atoms with Gasteiger partial charge in [-0.05, 0) is 42.2 Å². The summed E-state index contributed by atoms with van der Waals surface area (Å²) in [7, 11) is -3.60. The normalized spacial score (nSPS) is 24.7. The molecule has 1 aromatic carbocycles. The third-order valence-electron chi connectivity index (χ3n) is 4.93. The summed E-state index contributed by atoms with van der Waals surface area (Å²) in [6.45, 7) is 1.46. The van der Waals surface area contributed by atoms with Crippen molar-refractivity contribution in [2.45, 2.75) is 24.8 Å². The topological polar surface area (TPSA) is 97.3 Å². The average molecular weight is 465 g/mol. The number of rotatable bonds is 4. The van der Waals surface area contributed by atoms with Crippen LogP contribution in [0.15, 0.2) is 62.2 Å². The zero-order valence-electron chi connectivity index (χ0n) is 15.4. The summed E-state index contributed by atoms with van der Waals surface area (Å²) in [6.07, 6.45) is 6.95. The highest BCUT2D eigenvalue weighted by Crippen LogP contribution is 2.44. The molecule has 2 N–H and O–H groups in total. The van der Waals surface area contributed by atoms with Crippen LogP contribution in [0.4, 0.5) is 0 Å². The molecular formula is C19H21BrN4O3S. The molecule has 0 saturated heterocycles. The maximum absolute atomic E-state index is 11.6. The molecule has 0 aromatic heterocycles. The van der Waals surface area contributed by atoms with Crippen molar-refractivity contribution in [3.05, 3.63) is 57.8 Å². The summed E-state index contributed by atoms with van der Waals surface area (Å²) >= 11 is 3.54. The van der Waals surface area contributed by atoms with Crippen LogP contribution in [-0.4, -0.2) is 44.5 Å². The fourth-order valence-corrected chi connectivity index (χ4v) is 4.79. The summed E-state index contributed by atoms with van der Waals surface area (Å²) in [4.78, 5) is 11.6. The Kier molecular flexibility index (Phi) is 4.83. The summed E-state index contributed by atoms with van der Waals surface area (Å²) < 4.78 is 29.4. The van der Waals surface area contributed by atoms with Crippen LogP contribution in [-0.2, 0) is 19.8 Å². The van der Waals surface area contributed by atoms with E-state index in [1.54, 1.807) is 6.08 Å². The van der Waals surface area contributed by atoms with Crippen molar-refractivity contribution in [3.63, 3.8) is 0 Å². The van der Waals surface area contributed by atoms with Crippen LogP contribution in [0, 0.1) is 0 Å². The number of allylic oxidation sites excluding steroid dienone is 2. The number of nitrogens with zero attached hydrogens (tertiary/aromatic N) is 3. The molecule has 2 aliphatic heterocycles. The zero-order valence-corrected chi connectivity index (χ0v) is 17.8. The second-order valence-corrected chi connectivity index (χ2v) is 9.49. The maximum atomic E-state index is 11.6. The Balaban J connectivity index is 1.91. The lowest BCUT2D eigenvalue weighted by atomic mass is 9.79. The predicted octanol–water partition coefficient (Wildman–Crippen LogP) is 2.66. The highest BCUT2D eigenvalue weighted by molar-refractivity contribution is 9.10. The molecule has 1 atom stereocenters. The molecule has 0 saturated carbocycles. The highest BCUT2D eigenvalue weighted by atomic mass is 79.9. The van der Waals surface area contributed by atoms with Gasteiger partial charge in [-0.3, -0.25) is 9.89 Å². The van der Waals surface area contributed by atoms with Gasteiger partial charge in [0.1, 0.15) is 11.6 Å². The number of amidine groups is 1. The third kappa shape index (κ3) is 3.37. The Labute approximate surface area is 172 Å². The molecule has 1 aliphatic carbocycles. The molecular weight excluding hydrogens is 444 g/mol. The Morgan fingerprint density at radius 3 is 2.93 bits per heavy atom. The van der Waals surface area contributed by atoms with E-state index in [0.29, 0.717) is 31.1 Å². The Hall–Kier alpha value is -2.13. The molecule has 1 unspecified atom stereocenters. The number of hydrogen-bond acceptors (Lipinski definition) is 7. The largest absolute Gasteiger partial charge is 0.387 e. The van der Waals surface area contributed by atoms with E-state index in [1.807, 2.05) is 29.2 Å². The molecule has 2 heterocycles. The van der Waals surface area contributed by atoms with E-state index in [2.05, 4.69) is 22.0 Å². The van der Waals surface area contributed by atoms with Crippen LogP contribution < -0.4 is 5.73 Å². The van der Waals surface area contributed by atoms with Crippen molar-refractivity contribution in [2.24, 2.45) is 15.7 Å². The van der Waals surface area contributed by atoms with Crippen LogP contribution in [0.5, 0.6) is 0 Å². The first-order valence-corrected chi connectivity index (χ1v) is 11.6. The van der Waals surface area contributed by atoms with Crippen LogP contribution >= 0.6 is 15.9 Å². The summed E-state index contributed by atoms with van der Waals surface area (Å²) in [5.41, 5.74) is 7.11. The quantitative estimate of drug-likeness (QED) is 0.690. The van der Waals surface area contributed by atoms with Crippen LogP contribution in [0.3, 0.4) is 0 Å². The van der Waals surface area contributed by atoms with Gasteiger partial charge in [0.25, 0.3) is 0 Å². The first-order chi connectivity index (χ1) is 13.3. The zero-order chi connectivity index (χ0) is 19.9. The van der Waals surface area contributed by atoms with Crippen LogP contribution in [0.1, 0.15) is 24.8 Å². The molecule has 1 aromatic rings. The summed E-state index contributed by atoms with van der Waals surface area (Å²) in [6, 6.07) is 7.88. The van der Waals surface area contributed by atoms with E-state index >= 15 is 0 Å². The van der Waals surface area contributed by atoms with Crippen molar-refractivity contribution in [3.8, 4) is 0 Å². The van der Waals surface area contributed by atoms with Crippen LogP contribution in [0.25, 0.3) is 0 Å². The number of benzene rings is 1. The molecule has 0 amide bonds. The number of nitrogens with two attached hydrogens (primary N) is 1. The van der Waals surface area contributed by atoms with E-state index < -0.39 is 15.7 Å². The standard InChI is InChI=1S/C19H21BrN4O3S/c1-28(25,26)27-16-8-3-6-14(12-16)19(13-5-2-7-15(20)11-13)17-22-9-4-10-24(17)18(21)23-19/h2,5-7,11-12H,3-4,8-10H2,1H3,(H2,21,23). The first kappa shape index (κ1) is 19.2. The van der Waals surface area contributed by atoms with Gasteiger partial charge in [0.2, 0.25) is 0 Å². The Morgan fingerprint density at radius 2 is 2.18 bits per heavy atom. The molecule has 0 spiro atoms. The number of guanidine groups is 1. The molecule has 148 valence electrons. The van der Waals surface area contributed by atoms with Crippen molar-refractivity contribution in [1.82, 2.24) is 4.90 Å². The number of halogens is 1. The molecule has 0 fully saturated rings. The molecule has 0 radical (unpaired) electrons. The van der Waals surface area contributed by atoms with Crippen molar-refractivity contribution in [1.29, 1.82) is 0 Å². The van der Waals surface area contributed by atoms with Gasteiger partial charge in [0.05, 0.1) is 6.26 Å². The first-order valence-electron chi connectivity index (χ1n) is 9.04. The summed E-state index contributed by atoms with van der Waals surface area (Å²) in [5, 5.41) is 0. The lowest BCUT2D eigenvalue weighted by Crippen LogP contribution is -2.46. The molecule has 3 aliphatic rings. The smallest absolute Gasteiger partial charge is 0.305 e. The lowest BCUT2D eigenvalue weighted by molar-refractivity contribution is 0.392. The Bertz CT molecular complexity index is 1050. The van der Waals surface area contributed by atoms with Gasteiger partial charge >= 0.3 is 10.1 Å². The molecule has 0 bridgehead atoms. The van der Waals surface area contributed by atoms with Gasteiger partial charge in [0.15, 0.2) is 11.5 Å². The minimum absolute atomic E-state index is 0.401. The lowest BCUT2D eigenvalue weighted by Gasteiger charge is -2.34. The van der Waals surface area contributed by atoms with Gasteiger partial charge in [-0.15, -0.1) is 0 Å². The van der Waals surface area contributed by atoms with Crippen LogP contribution in [0.2, 0.25) is 0 Å². The minimum atomic E-state index is -3.60. The van der Waals surface area contributed by atoms with Crippen molar-refractivity contribution in [2.75, 3.05) is 19.3 Å². The SMILES string of the molecule is CS(=O)(=O)OC1=CC(C2(c3cccc(Br)c3)N=C(N)N3CCCN=C32)=CCC1. The Morgan fingerprint density at radius 1 is 1.36 bits per heavy atom. The van der Waals surface area contributed by atoms with E-state index in [9.17, 15) is 8.42 Å². The monoisotopic (exact) mass is 464 g/mol.